The minimum atomic E-state index is -0.873. The molecule has 0 spiro atoms. The van der Waals surface area contributed by atoms with E-state index in [4.69, 9.17) is 21.4 Å². The summed E-state index contributed by atoms with van der Waals surface area (Å²) in [5, 5.41) is 9.16. The summed E-state index contributed by atoms with van der Waals surface area (Å²) in [4.78, 5) is 10.4. The number of hydrogen-bond donors (Lipinski definition) is 1. The van der Waals surface area contributed by atoms with Gasteiger partial charge in [0.1, 0.15) is 11.9 Å². The summed E-state index contributed by atoms with van der Waals surface area (Å²) in [5.74, 6) is -0.238. The Bertz CT molecular complexity index is 363. The SMILES string of the molecule is Cc1ccc(Cl)cc1O[C@H](C)CC(=O)O. The van der Waals surface area contributed by atoms with Crippen LogP contribution in [0.2, 0.25) is 5.02 Å². The first-order valence-corrected chi connectivity index (χ1v) is 5.01. The molecule has 1 atom stereocenters. The Balaban J connectivity index is 2.71. The summed E-state index contributed by atoms with van der Waals surface area (Å²) >= 11 is 5.81. The highest BCUT2D eigenvalue weighted by Gasteiger charge is 2.10. The zero-order valence-corrected chi connectivity index (χ0v) is 9.41. The number of aliphatic carboxylic acids is 1. The van der Waals surface area contributed by atoms with Crippen molar-refractivity contribution in [3.63, 3.8) is 0 Å². The molecular weight excluding hydrogens is 216 g/mol. The van der Waals surface area contributed by atoms with E-state index in [1.807, 2.05) is 13.0 Å². The number of aryl methyl sites for hydroxylation is 1. The van der Waals surface area contributed by atoms with Crippen molar-refractivity contribution in [2.45, 2.75) is 26.4 Å². The second-order valence-corrected chi connectivity index (χ2v) is 3.87. The van der Waals surface area contributed by atoms with Gasteiger partial charge in [0.2, 0.25) is 0 Å². The topological polar surface area (TPSA) is 46.5 Å². The number of carboxylic acid groups (broad SMARTS) is 1. The highest BCUT2D eigenvalue weighted by molar-refractivity contribution is 6.30. The summed E-state index contributed by atoms with van der Waals surface area (Å²) in [5.41, 5.74) is 0.941. The number of carbonyl (C=O) groups is 1. The first-order chi connectivity index (χ1) is 6.99. The first kappa shape index (κ1) is 11.9. The smallest absolute Gasteiger partial charge is 0.307 e. The van der Waals surface area contributed by atoms with Crippen LogP contribution in [-0.4, -0.2) is 17.2 Å². The maximum Gasteiger partial charge on any atom is 0.307 e. The molecule has 1 N–H and O–H groups in total. The molecule has 0 saturated heterocycles. The van der Waals surface area contributed by atoms with Gasteiger partial charge in [-0.1, -0.05) is 17.7 Å². The number of carboxylic acids is 1. The number of halogens is 1. The van der Waals surface area contributed by atoms with E-state index >= 15 is 0 Å². The maximum absolute atomic E-state index is 10.4. The molecule has 3 nitrogen and oxygen atoms in total. The molecule has 0 saturated carbocycles. The summed E-state index contributed by atoms with van der Waals surface area (Å²) in [7, 11) is 0. The zero-order chi connectivity index (χ0) is 11.4. The van der Waals surface area contributed by atoms with Crippen molar-refractivity contribution in [1.82, 2.24) is 0 Å². The Morgan fingerprint density at radius 3 is 2.87 bits per heavy atom. The third-order valence-electron chi connectivity index (χ3n) is 1.94. The second kappa shape index (κ2) is 5.03. The maximum atomic E-state index is 10.4. The normalized spacial score (nSPS) is 12.2. The lowest BCUT2D eigenvalue weighted by molar-refractivity contribution is -0.138. The minimum Gasteiger partial charge on any atom is -0.490 e. The van der Waals surface area contributed by atoms with Crippen molar-refractivity contribution in [2.24, 2.45) is 0 Å². The van der Waals surface area contributed by atoms with Crippen LogP contribution in [0.15, 0.2) is 18.2 Å². The lowest BCUT2D eigenvalue weighted by Crippen LogP contribution is -2.17. The molecule has 0 aromatic heterocycles. The Hall–Kier alpha value is -1.22. The van der Waals surface area contributed by atoms with Gasteiger partial charge >= 0.3 is 5.97 Å². The van der Waals surface area contributed by atoms with Crippen LogP contribution in [0.1, 0.15) is 18.9 Å². The molecule has 0 bridgehead atoms. The van der Waals surface area contributed by atoms with Crippen LogP contribution in [0.25, 0.3) is 0 Å². The van der Waals surface area contributed by atoms with E-state index in [1.54, 1.807) is 19.1 Å². The number of rotatable bonds is 4. The molecular formula is C11H13ClO3. The van der Waals surface area contributed by atoms with E-state index in [2.05, 4.69) is 0 Å². The fraction of sp³-hybridized carbons (Fsp3) is 0.364. The van der Waals surface area contributed by atoms with Crippen LogP contribution in [-0.2, 0) is 4.79 Å². The summed E-state index contributed by atoms with van der Waals surface area (Å²) in [6.07, 6.45) is -0.383. The molecule has 15 heavy (non-hydrogen) atoms. The quantitative estimate of drug-likeness (QED) is 0.862. The number of hydrogen-bond acceptors (Lipinski definition) is 2. The predicted molar refractivity (Wildman–Crippen MR) is 58.5 cm³/mol. The highest BCUT2D eigenvalue weighted by atomic mass is 35.5. The van der Waals surface area contributed by atoms with Gasteiger partial charge in [-0.15, -0.1) is 0 Å². The van der Waals surface area contributed by atoms with E-state index in [-0.39, 0.29) is 12.5 Å². The van der Waals surface area contributed by atoms with Crippen LogP contribution in [0, 0.1) is 6.92 Å². The van der Waals surface area contributed by atoms with Gasteiger partial charge in [0.25, 0.3) is 0 Å². The summed E-state index contributed by atoms with van der Waals surface area (Å²) < 4.78 is 5.47. The monoisotopic (exact) mass is 228 g/mol. The van der Waals surface area contributed by atoms with E-state index in [0.29, 0.717) is 10.8 Å². The highest BCUT2D eigenvalue weighted by Crippen LogP contribution is 2.23. The minimum absolute atomic E-state index is 0.0219. The van der Waals surface area contributed by atoms with Gasteiger partial charge in [0.05, 0.1) is 6.42 Å². The summed E-state index contributed by atoms with van der Waals surface area (Å²) in [6.45, 7) is 3.60. The molecule has 0 amide bonds. The van der Waals surface area contributed by atoms with Crippen LogP contribution in [0.3, 0.4) is 0 Å². The van der Waals surface area contributed by atoms with Gasteiger partial charge in [-0.2, -0.15) is 0 Å². The van der Waals surface area contributed by atoms with Crippen molar-refractivity contribution in [2.75, 3.05) is 0 Å². The number of ether oxygens (including phenoxy) is 1. The molecule has 1 aromatic carbocycles. The van der Waals surface area contributed by atoms with Gasteiger partial charge in [-0.05, 0) is 31.5 Å². The molecule has 0 unspecified atom stereocenters. The average Bonchev–Trinajstić information content (AvgIpc) is 2.10. The Kier molecular flexibility index (Phi) is 3.97. The van der Waals surface area contributed by atoms with Gasteiger partial charge in [-0.25, -0.2) is 0 Å². The van der Waals surface area contributed by atoms with Gasteiger partial charge in [0, 0.05) is 5.02 Å². The predicted octanol–water partition coefficient (Wildman–Crippen LogP) is 2.89. The molecule has 0 aliphatic rings. The lowest BCUT2D eigenvalue weighted by Gasteiger charge is -2.14. The standard InChI is InChI=1S/C11H13ClO3/c1-7-3-4-9(12)6-10(7)15-8(2)5-11(13)14/h3-4,6,8H,5H2,1-2H3,(H,13,14)/t8-/m1/s1. The number of benzene rings is 1. The zero-order valence-electron chi connectivity index (χ0n) is 8.66. The van der Waals surface area contributed by atoms with E-state index < -0.39 is 5.97 Å². The molecule has 0 heterocycles. The third kappa shape index (κ3) is 3.80. The van der Waals surface area contributed by atoms with Crippen molar-refractivity contribution < 1.29 is 14.6 Å². The van der Waals surface area contributed by atoms with Gasteiger partial charge in [-0.3, -0.25) is 4.79 Å². The fourth-order valence-electron chi connectivity index (χ4n) is 1.21. The van der Waals surface area contributed by atoms with Crippen molar-refractivity contribution in [3.8, 4) is 5.75 Å². The van der Waals surface area contributed by atoms with E-state index in [1.165, 1.54) is 0 Å². The molecule has 0 fully saturated rings. The molecule has 0 aliphatic heterocycles. The Morgan fingerprint density at radius 2 is 2.27 bits per heavy atom. The molecule has 4 heteroatoms. The van der Waals surface area contributed by atoms with Crippen LogP contribution >= 0.6 is 11.6 Å². The lowest BCUT2D eigenvalue weighted by atomic mass is 10.2. The summed E-state index contributed by atoms with van der Waals surface area (Å²) in [6, 6.07) is 5.30. The molecule has 1 rings (SSSR count). The second-order valence-electron chi connectivity index (χ2n) is 3.44. The van der Waals surface area contributed by atoms with Crippen molar-refractivity contribution in [3.05, 3.63) is 28.8 Å². The van der Waals surface area contributed by atoms with Crippen LogP contribution in [0.4, 0.5) is 0 Å². The average molecular weight is 229 g/mol. The van der Waals surface area contributed by atoms with Gasteiger partial charge < -0.3 is 9.84 Å². The van der Waals surface area contributed by atoms with Crippen LogP contribution < -0.4 is 4.74 Å². The Morgan fingerprint density at radius 1 is 1.60 bits per heavy atom. The largest absolute Gasteiger partial charge is 0.490 e. The molecule has 0 radical (unpaired) electrons. The van der Waals surface area contributed by atoms with Crippen LogP contribution in [0.5, 0.6) is 5.75 Å². The van der Waals surface area contributed by atoms with E-state index in [9.17, 15) is 4.79 Å². The molecule has 1 aromatic rings. The first-order valence-electron chi connectivity index (χ1n) is 4.63. The molecule has 0 aliphatic carbocycles. The van der Waals surface area contributed by atoms with Gasteiger partial charge in [0.15, 0.2) is 0 Å². The Labute approximate surface area is 93.6 Å². The van der Waals surface area contributed by atoms with Crippen molar-refractivity contribution in [1.29, 1.82) is 0 Å². The van der Waals surface area contributed by atoms with Crippen molar-refractivity contribution >= 4 is 17.6 Å². The fourth-order valence-corrected chi connectivity index (χ4v) is 1.37. The molecule has 82 valence electrons. The van der Waals surface area contributed by atoms with E-state index in [0.717, 1.165) is 5.56 Å². The third-order valence-corrected chi connectivity index (χ3v) is 2.18.